The summed E-state index contributed by atoms with van der Waals surface area (Å²) in [4.78, 5) is 9.76. The highest BCUT2D eigenvalue weighted by Crippen LogP contribution is 2.56. The fraction of sp³-hybridized carbons (Fsp3) is 0.167. The number of nitrogens with zero attached hydrogens (tertiary/aromatic N) is 4. The zero-order valence-corrected chi connectivity index (χ0v) is 23.0. The minimum Gasteiger partial charge on any atom is -0.454 e. The van der Waals surface area contributed by atoms with Gasteiger partial charge in [-0.3, -0.25) is 9.98 Å². The Bertz CT molecular complexity index is 2260. The molecular formula is C36H28N4O. The molecule has 5 heteroatoms. The Morgan fingerprint density at radius 2 is 1.78 bits per heavy atom. The molecule has 9 rings (SSSR count). The van der Waals surface area contributed by atoms with Gasteiger partial charge in [0.2, 0.25) is 0 Å². The second-order valence-corrected chi connectivity index (χ2v) is 11.2. The van der Waals surface area contributed by atoms with E-state index < -0.39 is 0 Å². The van der Waals surface area contributed by atoms with Crippen LogP contribution in [0.15, 0.2) is 94.5 Å². The van der Waals surface area contributed by atoms with Gasteiger partial charge in [0.15, 0.2) is 5.58 Å². The van der Waals surface area contributed by atoms with E-state index in [0.717, 1.165) is 67.4 Å². The molecular weight excluding hydrogens is 504 g/mol. The van der Waals surface area contributed by atoms with Crippen molar-refractivity contribution in [3.05, 3.63) is 102 Å². The smallest absolute Gasteiger partial charge is 0.159 e. The van der Waals surface area contributed by atoms with E-state index in [0.29, 0.717) is 11.8 Å². The van der Waals surface area contributed by atoms with Gasteiger partial charge in [-0.15, -0.1) is 0 Å². The fourth-order valence-corrected chi connectivity index (χ4v) is 7.18. The Morgan fingerprint density at radius 3 is 2.66 bits per heavy atom. The Hall–Kier alpha value is -4.90. The molecule has 0 bridgehead atoms. The van der Waals surface area contributed by atoms with Crippen LogP contribution in [0.5, 0.6) is 0 Å². The van der Waals surface area contributed by atoms with Crippen LogP contribution >= 0.6 is 0 Å². The van der Waals surface area contributed by atoms with Crippen molar-refractivity contribution in [3.8, 4) is 11.4 Å². The topological polar surface area (TPSA) is 48.2 Å². The van der Waals surface area contributed by atoms with E-state index in [9.17, 15) is 0 Å². The third-order valence-electron chi connectivity index (χ3n) is 8.99. The predicted molar refractivity (Wildman–Crippen MR) is 168 cm³/mol. The molecule has 2 unspecified atom stereocenters. The van der Waals surface area contributed by atoms with Crippen molar-refractivity contribution in [3.63, 3.8) is 0 Å². The van der Waals surface area contributed by atoms with Crippen molar-refractivity contribution in [1.29, 1.82) is 0 Å². The maximum atomic E-state index is 6.67. The first kappa shape index (κ1) is 22.9. The van der Waals surface area contributed by atoms with Gasteiger partial charge < -0.3 is 13.6 Å². The molecule has 2 aliphatic carbocycles. The van der Waals surface area contributed by atoms with Crippen LogP contribution in [0.4, 0.5) is 5.69 Å². The number of benzene rings is 3. The summed E-state index contributed by atoms with van der Waals surface area (Å²) in [6.45, 7) is 4.20. The molecule has 4 aromatic heterocycles. The summed E-state index contributed by atoms with van der Waals surface area (Å²) >= 11 is 0. The van der Waals surface area contributed by atoms with Gasteiger partial charge in [-0.05, 0) is 74.1 Å². The third-order valence-corrected chi connectivity index (χ3v) is 8.99. The summed E-state index contributed by atoms with van der Waals surface area (Å²) in [6, 6.07) is 25.8. The first-order valence-corrected chi connectivity index (χ1v) is 14.5. The van der Waals surface area contributed by atoms with Gasteiger partial charge in [-0.2, -0.15) is 0 Å². The molecule has 1 saturated carbocycles. The molecule has 0 aliphatic heterocycles. The molecule has 0 saturated heterocycles. The van der Waals surface area contributed by atoms with Gasteiger partial charge in [0.05, 0.1) is 33.6 Å². The van der Waals surface area contributed by atoms with Gasteiger partial charge in [-0.25, -0.2) is 0 Å². The summed E-state index contributed by atoms with van der Waals surface area (Å²) < 4.78 is 11.4. The number of furan rings is 1. The average Bonchev–Trinajstić information content (AvgIpc) is 3.46. The largest absolute Gasteiger partial charge is 0.454 e. The molecule has 0 N–H and O–H groups in total. The minimum absolute atomic E-state index is 0.553. The quantitative estimate of drug-likeness (QED) is 0.212. The van der Waals surface area contributed by atoms with Gasteiger partial charge in [-0.1, -0.05) is 49.4 Å². The highest BCUT2D eigenvalue weighted by molar-refractivity contribution is 6.09. The zero-order chi connectivity index (χ0) is 27.2. The van der Waals surface area contributed by atoms with E-state index in [1.807, 2.05) is 31.5 Å². The van der Waals surface area contributed by atoms with Crippen molar-refractivity contribution in [1.82, 2.24) is 14.1 Å². The third kappa shape index (κ3) is 3.06. The number of aromatic nitrogens is 3. The van der Waals surface area contributed by atoms with E-state index in [2.05, 4.69) is 88.9 Å². The van der Waals surface area contributed by atoms with E-state index >= 15 is 0 Å². The minimum atomic E-state index is 0.553. The maximum Gasteiger partial charge on any atom is 0.159 e. The van der Waals surface area contributed by atoms with Crippen LogP contribution in [0.2, 0.25) is 0 Å². The van der Waals surface area contributed by atoms with Gasteiger partial charge in [0, 0.05) is 45.5 Å². The SMILES string of the molecule is C/C=N\c1c(CC)n(-c2cc(-n3c4c(c5ncccc53)C3CC3C=C4)c3oc4ccccc4c3c2)c2ccccc12. The first-order valence-electron chi connectivity index (χ1n) is 14.5. The molecule has 7 aromatic rings. The fourth-order valence-electron chi connectivity index (χ4n) is 7.18. The molecule has 5 nitrogen and oxygen atoms in total. The Labute approximate surface area is 237 Å². The Kier molecular flexibility index (Phi) is 4.63. The molecule has 0 amide bonds. The summed E-state index contributed by atoms with van der Waals surface area (Å²) in [7, 11) is 0. The van der Waals surface area contributed by atoms with Crippen LogP contribution < -0.4 is 0 Å². The Balaban J connectivity index is 1.45. The summed E-state index contributed by atoms with van der Waals surface area (Å²) in [6.07, 6.45) is 10.6. The highest BCUT2D eigenvalue weighted by Gasteiger charge is 2.43. The lowest BCUT2D eigenvalue weighted by molar-refractivity contribution is 0.665. The lowest BCUT2D eigenvalue weighted by atomic mass is 10.0. The van der Waals surface area contributed by atoms with E-state index in [1.54, 1.807) is 0 Å². The predicted octanol–water partition coefficient (Wildman–Crippen LogP) is 9.28. The van der Waals surface area contributed by atoms with Crippen molar-refractivity contribution in [2.24, 2.45) is 10.9 Å². The second kappa shape index (κ2) is 8.31. The van der Waals surface area contributed by atoms with Crippen LogP contribution in [0.1, 0.15) is 43.1 Å². The number of hydrogen-bond donors (Lipinski definition) is 0. The normalized spacial score (nSPS) is 17.8. The molecule has 2 aliphatic rings. The summed E-state index contributed by atoms with van der Waals surface area (Å²) in [5.74, 6) is 1.19. The lowest BCUT2D eigenvalue weighted by Gasteiger charge is -2.16. The van der Waals surface area contributed by atoms with Gasteiger partial charge >= 0.3 is 0 Å². The number of aliphatic imine (C=N–C) groups is 1. The first-order chi connectivity index (χ1) is 20.3. The number of allylic oxidation sites excluding steroid dienone is 1. The average molecular weight is 533 g/mol. The molecule has 198 valence electrons. The zero-order valence-electron chi connectivity index (χ0n) is 23.0. The molecule has 2 atom stereocenters. The van der Waals surface area contributed by atoms with E-state index in [-0.39, 0.29) is 0 Å². The highest BCUT2D eigenvalue weighted by atomic mass is 16.3. The summed E-state index contributed by atoms with van der Waals surface area (Å²) in [5, 5.41) is 3.39. The maximum absolute atomic E-state index is 6.67. The summed E-state index contributed by atoms with van der Waals surface area (Å²) in [5.41, 5.74) is 12.2. The van der Waals surface area contributed by atoms with Gasteiger partial charge in [0.25, 0.3) is 0 Å². The number of para-hydroxylation sites is 2. The van der Waals surface area contributed by atoms with E-state index in [1.165, 1.54) is 23.4 Å². The number of rotatable bonds is 4. The number of fused-ring (bicyclic) bond motifs is 9. The Morgan fingerprint density at radius 1 is 0.951 bits per heavy atom. The molecule has 4 heterocycles. The molecule has 3 aromatic carbocycles. The van der Waals surface area contributed by atoms with Crippen LogP contribution in [-0.2, 0) is 6.42 Å². The van der Waals surface area contributed by atoms with Crippen molar-refractivity contribution >= 4 is 61.9 Å². The molecule has 1 fully saturated rings. The van der Waals surface area contributed by atoms with Crippen molar-refractivity contribution in [2.75, 3.05) is 0 Å². The van der Waals surface area contributed by atoms with Crippen LogP contribution in [-0.4, -0.2) is 20.3 Å². The van der Waals surface area contributed by atoms with Crippen molar-refractivity contribution < 1.29 is 4.42 Å². The standard InChI is InChI=1S/C36H28N4O/c1-3-27-34(37-4-2)24-11-5-7-12-28(24)39(27)22-19-26-23-10-6-8-14-32(23)41-36(26)31(20-22)40-29-16-15-21-18-25(21)33(29)35-30(40)13-9-17-38-35/h4-17,19-21,25H,3,18H2,1-2H3/b37-4-. The molecule has 0 spiro atoms. The van der Waals surface area contributed by atoms with Crippen molar-refractivity contribution in [2.45, 2.75) is 32.6 Å². The second-order valence-electron chi connectivity index (χ2n) is 11.2. The molecule has 41 heavy (non-hydrogen) atoms. The van der Waals surface area contributed by atoms with Gasteiger partial charge in [0.1, 0.15) is 5.58 Å². The monoisotopic (exact) mass is 532 g/mol. The van der Waals surface area contributed by atoms with Crippen LogP contribution in [0.3, 0.4) is 0 Å². The lowest BCUT2D eigenvalue weighted by Crippen LogP contribution is -2.04. The molecule has 0 radical (unpaired) electrons. The van der Waals surface area contributed by atoms with Crippen LogP contribution in [0.25, 0.3) is 61.3 Å². The number of pyridine rings is 1. The van der Waals surface area contributed by atoms with E-state index in [4.69, 9.17) is 14.4 Å². The number of hydrogen-bond acceptors (Lipinski definition) is 3. The van der Waals surface area contributed by atoms with Crippen LogP contribution in [0, 0.1) is 5.92 Å².